The minimum atomic E-state index is -1.44. The van der Waals surface area contributed by atoms with Crippen LogP contribution in [0.2, 0.25) is 0 Å². The molecule has 0 aromatic heterocycles. The Hall–Kier alpha value is -2.81. The van der Waals surface area contributed by atoms with Gasteiger partial charge in [0, 0.05) is 24.3 Å². The number of carbonyl (C=O) groups excluding carboxylic acids is 1. The highest BCUT2D eigenvalue weighted by Crippen LogP contribution is 2.41. The molecular weight excluding hydrogens is 396 g/mol. The molecule has 25 heavy (non-hydrogen) atoms. The molecule has 0 saturated heterocycles. The van der Waals surface area contributed by atoms with E-state index in [1.807, 2.05) is 0 Å². The fourth-order valence-corrected chi connectivity index (χ4v) is 2.90. The number of halogens is 1. The summed E-state index contributed by atoms with van der Waals surface area (Å²) >= 11 is 3.38. The maximum Gasteiger partial charge on any atom is 0.332 e. The summed E-state index contributed by atoms with van der Waals surface area (Å²) in [6.07, 6.45) is 0. The Labute approximate surface area is 150 Å². The summed E-state index contributed by atoms with van der Waals surface area (Å²) in [5.74, 6) is -0.627. The van der Waals surface area contributed by atoms with Gasteiger partial charge in [0.1, 0.15) is 0 Å². The van der Waals surface area contributed by atoms with Crippen LogP contribution in [0.15, 0.2) is 48.5 Å². The standard InChI is InChI=1S/C16H13BrN2O6/c1-2-25-15(20)16(17,11-3-7-13(8-4-11)18(21)22)12-5-9-14(10-6-12)19(23)24/h3-10H,2H2,1H3. The minimum absolute atomic E-state index is 0.119. The minimum Gasteiger partial charge on any atom is -0.464 e. The predicted molar refractivity (Wildman–Crippen MR) is 92.5 cm³/mol. The molecule has 0 atom stereocenters. The zero-order valence-electron chi connectivity index (χ0n) is 13.0. The molecule has 0 unspecified atom stereocenters. The lowest BCUT2D eigenvalue weighted by Crippen LogP contribution is -2.32. The number of carbonyl (C=O) groups is 1. The first-order chi connectivity index (χ1) is 11.8. The quantitative estimate of drug-likeness (QED) is 0.311. The maximum atomic E-state index is 12.6. The maximum absolute atomic E-state index is 12.6. The normalized spacial score (nSPS) is 11.0. The topological polar surface area (TPSA) is 113 Å². The number of benzene rings is 2. The summed E-state index contributed by atoms with van der Waals surface area (Å²) in [7, 11) is 0. The molecule has 8 nitrogen and oxygen atoms in total. The van der Waals surface area contributed by atoms with Crippen LogP contribution in [0.1, 0.15) is 18.1 Å². The van der Waals surface area contributed by atoms with Crippen LogP contribution in [0.4, 0.5) is 11.4 Å². The smallest absolute Gasteiger partial charge is 0.332 e. The predicted octanol–water partition coefficient (Wildman–Crippen LogP) is 3.70. The number of non-ortho nitro benzene ring substituents is 2. The number of ether oxygens (including phenoxy) is 1. The molecule has 2 aromatic rings. The van der Waals surface area contributed by atoms with Gasteiger partial charge in [0.05, 0.1) is 16.5 Å². The second-order valence-corrected chi connectivity index (χ2v) is 6.18. The number of nitrogens with zero attached hydrogens (tertiary/aromatic N) is 2. The van der Waals surface area contributed by atoms with Crippen LogP contribution >= 0.6 is 15.9 Å². The average Bonchev–Trinajstić information content (AvgIpc) is 2.61. The molecule has 0 bridgehead atoms. The van der Waals surface area contributed by atoms with Crippen molar-refractivity contribution in [3.63, 3.8) is 0 Å². The number of esters is 1. The number of hydrogen-bond acceptors (Lipinski definition) is 6. The zero-order chi connectivity index (χ0) is 18.6. The summed E-state index contributed by atoms with van der Waals surface area (Å²) in [6.45, 7) is 1.78. The number of nitro groups is 2. The van der Waals surface area contributed by atoms with Crippen molar-refractivity contribution in [1.29, 1.82) is 0 Å². The molecule has 0 saturated carbocycles. The van der Waals surface area contributed by atoms with Crippen molar-refractivity contribution < 1.29 is 19.4 Å². The van der Waals surface area contributed by atoms with E-state index in [1.54, 1.807) is 6.92 Å². The molecule has 0 heterocycles. The zero-order valence-corrected chi connectivity index (χ0v) is 14.6. The fraction of sp³-hybridized carbons (Fsp3) is 0.188. The van der Waals surface area contributed by atoms with Crippen molar-refractivity contribution in [3.05, 3.63) is 79.9 Å². The van der Waals surface area contributed by atoms with Crippen LogP contribution in [0, 0.1) is 20.2 Å². The number of alkyl halides is 1. The highest BCUT2D eigenvalue weighted by atomic mass is 79.9. The van der Waals surface area contributed by atoms with Crippen molar-refractivity contribution >= 4 is 33.3 Å². The molecule has 0 amide bonds. The van der Waals surface area contributed by atoms with Gasteiger partial charge in [-0.05, 0) is 42.3 Å². The third-order valence-electron chi connectivity index (χ3n) is 3.51. The van der Waals surface area contributed by atoms with Crippen LogP contribution in [-0.4, -0.2) is 22.4 Å². The summed E-state index contributed by atoms with van der Waals surface area (Å²) < 4.78 is 3.68. The Morgan fingerprint density at radius 2 is 1.32 bits per heavy atom. The second kappa shape index (κ2) is 7.39. The Kier molecular flexibility index (Phi) is 5.48. The van der Waals surface area contributed by atoms with E-state index < -0.39 is 20.1 Å². The first-order valence-corrected chi connectivity index (χ1v) is 7.96. The monoisotopic (exact) mass is 408 g/mol. The first kappa shape index (κ1) is 18.5. The highest BCUT2D eigenvalue weighted by molar-refractivity contribution is 9.10. The van der Waals surface area contributed by atoms with Crippen LogP contribution in [0.3, 0.4) is 0 Å². The van der Waals surface area contributed by atoms with Crippen molar-refractivity contribution in [3.8, 4) is 0 Å². The van der Waals surface area contributed by atoms with E-state index in [0.717, 1.165) is 0 Å². The van der Waals surface area contributed by atoms with Crippen LogP contribution in [0.25, 0.3) is 0 Å². The Bertz CT molecular complexity index is 747. The molecule has 0 aliphatic carbocycles. The lowest BCUT2D eigenvalue weighted by molar-refractivity contribution is -0.385. The molecular formula is C16H13BrN2O6. The van der Waals surface area contributed by atoms with Gasteiger partial charge in [0.25, 0.3) is 11.4 Å². The van der Waals surface area contributed by atoms with E-state index in [0.29, 0.717) is 11.1 Å². The SMILES string of the molecule is CCOC(=O)C(Br)(c1ccc([N+](=O)[O-])cc1)c1ccc([N+](=O)[O-])cc1. The van der Waals surface area contributed by atoms with E-state index in [4.69, 9.17) is 4.74 Å². The van der Waals surface area contributed by atoms with Crippen molar-refractivity contribution in [1.82, 2.24) is 0 Å². The molecule has 2 rings (SSSR count). The Morgan fingerprint density at radius 1 is 0.960 bits per heavy atom. The lowest BCUT2D eigenvalue weighted by Gasteiger charge is -2.26. The largest absolute Gasteiger partial charge is 0.464 e. The molecule has 2 aromatic carbocycles. The van der Waals surface area contributed by atoms with Crippen molar-refractivity contribution in [2.24, 2.45) is 0 Å². The molecule has 0 fully saturated rings. The van der Waals surface area contributed by atoms with E-state index >= 15 is 0 Å². The molecule has 0 aliphatic rings. The van der Waals surface area contributed by atoms with Gasteiger partial charge in [-0.2, -0.15) is 0 Å². The van der Waals surface area contributed by atoms with Gasteiger partial charge in [-0.25, -0.2) is 4.79 Å². The van der Waals surface area contributed by atoms with Gasteiger partial charge in [-0.3, -0.25) is 20.2 Å². The van der Waals surface area contributed by atoms with E-state index in [-0.39, 0.29) is 18.0 Å². The average molecular weight is 409 g/mol. The summed E-state index contributed by atoms with van der Waals surface area (Å²) in [5.41, 5.74) is 0.577. The Balaban J connectivity index is 2.55. The Morgan fingerprint density at radius 3 is 1.60 bits per heavy atom. The second-order valence-electron chi connectivity index (χ2n) is 4.99. The van der Waals surface area contributed by atoms with E-state index in [2.05, 4.69) is 15.9 Å². The molecule has 0 radical (unpaired) electrons. The number of rotatable bonds is 6. The van der Waals surface area contributed by atoms with Crippen molar-refractivity contribution in [2.45, 2.75) is 11.2 Å². The van der Waals surface area contributed by atoms with Gasteiger partial charge in [0.2, 0.25) is 0 Å². The van der Waals surface area contributed by atoms with Gasteiger partial charge in [-0.15, -0.1) is 0 Å². The molecule has 130 valence electrons. The molecule has 0 aliphatic heterocycles. The van der Waals surface area contributed by atoms with E-state index in [1.165, 1.54) is 48.5 Å². The molecule has 9 heteroatoms. The first-order valence-electron chi connectivity index (χ1n) is 7.16. The summed E-state index contributed by atoms with van der Waals surface area (Å²) in [6, 6.07) is 10.8. The van der Waals surface area contributed by atoms with Crippen LogP contribution < -0.4 is 0 Å². The van der Waals surface area contributed by atoms with Crippen LogP contribution in [-0.2, 0) is 13.9 Å². The summed E-state index contributed by atoms with van der Waals surface area (Å²) in [5, 5.41) is 21.6. The number of nitro benzene ring substituents is 2. The highest BCUT2D eigenvalue weighted by Gasteiger charge is 2.41. The third-order valence-corrected chi connectivity index (χ3v) is 4.75. The van der Waals surface area contributed by atoms with Gasteiger partial charge < -0.3 is 4.74 Å². The van der Waals surface area contributed by atoms with Gasteiger partial charge >= 0.3 is 5.97 Å². The fourth-order valence-electron chi connectivity index (χ4n) is 2.26. The van der Waals surface area contributed by atoms with E-state index in [9.17, 15) is 25.0 Å². The molecule has 0 N–H and O–H groups in total. The number of hydrogen-bond donors (Lipinski definition) is 0. The van der Waals surface area contributed by atoms with Gasteiger partial charge in [-0.1, -0.05) is 15.9 Å². The molecule has 0 spiro atoms. The summed E-state index contributed by atoms with van der Waals surface area (Å²) in [4.78, 5) is 33.1. The lowest BCUT2D eigenvalue weighted by atomic mass is 9.90. The van der Waals surface area contributed by atoms with Gasteiger partial charge in [0.15, 0.2) is 4.32 Å². The van der Waals surface area contributed by atoms with Crippen molar-refractivity contribution in [2.75, 3.05) is 6.61 Å². The van der Waals surface area contributed by atoms with Crippen LogP contribution in [0.5, 0.6) is 0 Å². The third kappa shape index (κ3) is 3.66.